The van der Waals surface area contributed by atoms with Gasteiger partial charge in [-0.3, -0.25) is 14.5 Å². The molecule has 0 N–H and O–H groups in total. The highest BCUT2D eigenvalue weighted by Crippen LogP contribution is 2.50. The Balaban J connectivity index is 1.69. The Morgan fingerprint density at radius 2 is 2.10 bits per heavy atom. The topological polar surface area (TPSA) is 103 Å². The van der Waals surface area contributed by atoms with E-state index in [9.17, 15) is 14.4 Å². The van der Waals surface area contributed by atoms with Crippen molar-refractivity contribution < 1.29 is 23.5 Å². The van der Waals surface area contributed by atoms with Crippen molar-refractivity contribution in [3.05, 3.63) is 12.3 Å². The largest absolute Gasteiger partial charge is 0.444 e. The van der Waals surface area contributed by atoms with Crippen LogP contribution in [0.25, 0.3) is 0 Å². The third kappa shape index (κ3) is 4.21. The predicted octanol–water partition coefficient (Wildman–Crippen LogP) is 3.20. The Labute approximate surface area is 171 Å². The van der Waals surface area contributed by atoms with Crippen molar-refractivity contribution in [2.24, 2.45) is 17.8 Å². The molecule has 1 saturated heterocycles. The van der Waals surface area contributed by atoms with Gasteiger partial charge in [0.25, 0.3) is 0 Å². The number of hydrogen-bond acceptors (Lipinski definition) is 7. The summed E-state index contributed by atoms with van der Waals surface area (Å²) in [4.78, 5) is 40.5. The molecule has 2 unspecified atom stereocenters. The van der Waals surface area contributed by atoms with Gasteiger partial charge in [-0.2, -0.15) is 0 Å². The lowest BCUT2D eigenvalue weighted by Gasteiger charge is -2.51. The molecule has 2 heterocycles. The molecule has 1 aromatic heterocycles. The summed E-state index contributed by atoms with van der Waals surface area (Å²) in [5, 5.41) is 7.43. The summed E-state index contributed by atoms with van der Waals surface area (Å²) in [7, 11) is 0. The number of hydrogen-bond donors (Lipinski definition) is 0. The van der Waals surface area contributed by atoms with Crippen LogP contribution >= 0.6 is 0 Å². The van der Waals surface area contributed by atoms with Crippen molar-refractivity contribution in [2.75, 3.05) is 6.54 Å². The fourth-order valence-electron chi connectivity index (χ4n) is 4.75. The van der Waals surface area contributed by atoms with Crippen LogP contribution < -0.4 is 0 Å². The van der Waals surface area contributed by atoms with Gasteiger partial charge in [0.05, 0.1) is 0 Å². The summed E-state index contributed by atoms with van der Waals surface area (Å²) in [5.41, 5.74) is -1.41. The van der Waals surface area contributed by atoms with Gasteiger partial charge in [0.15, 0.2) is 5.78 Å². The molecule has 8 nitrogen and oxygen atoms in total. The van der Waals surface area contributed by atoms with Gasteiger partial charge in [0, 0.05) is 31.2 Å². The highest BCUT2D eigenvalue weighted by atomic mass is 16.6. The molecule has 0 aromatic carbocycles. The van der Waals surface area contributed by atoms with Gasteiger partial charge in [0.1, 0.15) is 16.9 Å². The van der Waals surface area contributed by atoms with E-state index in [-0.39, 0.29) is 35.7 Å². The van der Waals surface area contributed by atoms with Gasteiger partial charge in [0.2, 0.25) is 12.3 Å². The SMILES string of the molecule is CC(C)C(C(=O)CCc1nnco1)[C@@H]1CC2(CCCN2C(=O)OC(C)(C)C)C1=O. The van der Waals surface area contributed by atoms with Crippen LogP contribution in [0.5, 0.6) is 0 Å². The van der Waals surface area contributed by atoms with Gasteiger partial charge < -0.3 is 9.15 Å². The van der Waals surface area contributed by atoms with Crippen LogP contribution in [-0.4, -0.2) is 50.4 Å². The molecule has 8 heteroatoms. The summed E-state index contributed by atoms with van der Waals surface area (Å²) in [6.07, 6.45) is 3.38. The van der Waals surface area contributed by atoms with Crippen LogP contribution in [0.1, 0.15) is 66.2 Å². The number of ketones is 2. The molecule has 2 aliphatic rings. The summed E-state index contributed by atoms with van der Waals surface area (Å²) in [5.74, 6) is -0.221. The molecule has 0 radical (unpaired) electrons. The van der Waals surface area contributed by atoms with E-state index in [0.29, 0.717) is 31.7 Å². The molecular weight excluding hydrogens is 374 g/mol. The van der Waals surface area contributed by atoms with Crippen molar-refractivity contribution in [3.63, 3.8) is 0 Å². The Morgan fingerprint density at radius 1 is 1.38 bits per heavy atom. The van der Waals surface area contributed by atoms with E-state index < -0.39 is 17.2 Å². The van der Waals surface area contributed by atoms with Crippen molar-refractivity contribution in [1.29, 1.82) is 0 Å². The molecule has 3 atom stereocenters. The first-order chi connectivity index (χ1) is 13.5. The minimum atomic E-state index is -0.799. The first-order valence-corrected chi connectivity index (χ1v) is 10.4. The zero-order valence-corrected chi connectivity index (χ0v) is 17.9. The standard InChI is InChI=1S/C21H31N3O5/c1-13(2)17(15(25)7-8-16-23-22-12-28-16)14-11-21(18(14)26)9-6-10-24(21)19(27)29-20(3,4)5/h12-14,17H,6-11H2,1-5H3/t14-,17?,21?/m0/s1. The molecule has 1 aliphatic carbocycles. The van der Waals surface area contributed by atoms with Crippen LogP contribution in [0.3, 0.4) is 0 Å². The molecule has 1 spiro atoms. The third-order valence-electron chi connectivity index (χ3n) is 5.97. The van der Waals surface area contributed by atoms with Crippen LogP contribution in [0, 0.1) is 17.8 Å². The Kier molecular flexibility index (Phi) is 5.83. The van der Waals surface area contributed by atoms with Crippen LogP contribution in [0.2, 0.25) is 0 Å². The van der Waals surface area contributed by atoms with E-state index in [0.717, 1.165) is 6.42 Å². The molecule has 1 aromatic rings. The fraction of sp³-hybridized carbons (Fsp3) is 0.762. The number of ether oxygens (including phenoxy) is 1. The van der Waals surface area contributed by atoms with E-state index in [1.807, 2.05) is 34.6 Å². The fourth-order valence-corrected chi connectivity index (χ4v) is 4.75. The van der Waals surface area contributed by atoms with Gasteiger partial charge in [-0.1, -0.05) is 13.8 Å². The highest BCUT2D eigenvalue weighted by molar-refractivity contribution is 6.02. The number of amides is 1. The number of aryl methyl sites for hydroxylation is 1. The van der Waals surface area contributed by atoms with Gasteiger partial charge >= 0.3 is 6.09 Å². The maximum Gasteiger partial charge on any atom is 0.411 e. The lowest BCUT2D eigenvalue weighted by Crippen LogP contribution is -2.66. The smallest absolute Gasteiger partial charge is 0.411 e. The Hall–Kier alpha value is -2.25. The molecule has 2 fully saturated rings. The predicted molar refractivity (Wildman–Crippen MR) is 104 cm³/mol. The molecule has 1 saturated carbocycles. The first-order valence-electron chi connectivity index (χ1n) is 10.4. The number of carbonyl (C=O) groups is 3. The lowest BCUT2D eigenvalue weighted by molar-refractivity contribution is -0.155. The number of carbonyl (C=O) groups excluding carboxylic acids is 3. The van der Waals surface area contributed by atoms with Crippen molar-refractivity contribution in [2.45, 2.75) is 77.9 Å². The molecule has 160 valence electrons. The van der Waals surface area contributed by atoms with E-state index >= 15 is 0 Å². The second-order valence-corrected chi connectivity index (χ2v) is 9.51. The quantitative estimate of drug-likeness (QED) is 0.716. The zero-order chi connectivity index (χ0) is 21.4. The van der Waals surface area contributed by atoms with Gasteiger partial charge in [-0.15, -0.1) is 10.2 Å². The summed E-state index contributed by atoms with van der Waals surface area (Å²) < 4.78 is 10.6. The molecule has 1 aliphatic heterocycles. The minimum Gasteiger partial charge on any atom is -0.444 e. The second kappa shape index (κ2) is 7.88. The van der Waals surface area contributed by atoms with Gasteiger partial charge in [-0.05, 0) is 46.0 Å². The average molecular weight is 405 g/mol. The molecule has 3 rings (SSSR count). The van der Waals surface area contributed by atoms with Crippen LogP contribution in [0.4, 0.5) is 4.79 Å². The number of aromatic nitrogens is 2. The average Bonchev–Trinajstić information content (AvgIpc) is 3.28. The lowest BCUT2D eigenvalue weighted by atomic mass is 9.58. The summed E-state index contributed by atoms with van der Waals surface area (Å²) >= 11 is 0. The monoisotopic (exact) mass is 405 g/mol. The van der Waals surface area contributed by atoms with Crippen molar-refractivity contribution in [3.8, 4) is 0 Å². The van der Waals surface area contributed by atoms with Crippen molar-refractivity contribution >= 4 is 17.7 Å². The van der Waals surface area contributed by atoms with E-state index in [4.69, 9.17) is 9.15 Å². The second-order valence-electron chi connectivity index (χ2n) is 9.51. The third-order valence-corrected chi connectivity index (χ3v) is 5.97. The van der Waals surface area contributed by atoms with E-state index in [1.165, 1.54) is 6.39 Å². The molecule has 1 amide bonds. The molecule has 29 heavy (non-hydrogen) atoms. The first kappa shape index (κ1) is 21.5. The van der Waals surface area contributed by atoms with Crippen LogP contribution in [-0.2, 0) is 20.7 Å². The maximum absolute atomic E-state index is 13.3. The molecular formula is C21H31N3O5. The van der Waals surface area contributed by atoms with E-state index in [1.54, 1.807) is 4.90 Å². The van der Waals surface area contributed by atoms with Crippen LogP contribution in [0.15, 0.2) is 10.8 Å². The van der Waals surface area contributed by atoms with Gasteiger partial charge in [-0.25, -0.2) is 4.79 Å². The highest BCUT2D eigenvalue weighted by Gasteiger charge is 2.63. The van der Waals surface area contributed by atoms with Crippen molar-refractivity contribution in [1.82, 2.24) is 15.1 Å². The Morgan fingerprint density at radius 3 is 2.66 bits per heavy atom. The zero-order valence-electron chi connectivity index (χ0n) is 17.9. The number of rotatable bonds is 6. The maximum atomic E-state index is 13.3. The number of likely N-dealkylation sites (tertiary alicyclic amines) is 1. The van der Waals surface area contributed by atoms with E-state index in [2.05, 4.69) is 10.2 Å². The Bertz CT molecular complexity index is 768. The number of Topliss-reactive ketones (excluding diaryl/α,β-unsaturated/α-hetero) is 2. The number of nitrogens with zero attached hydrogens (tertiary/aromatic N) is 3. The summed E-state index contributed by atoms with van der Waals surface area (Å²) in [6, 6.07) is 0. The summed E-state index contributed by atoms with van der Waals surface area (Å²) in [6.45, 7) is 9.90. The minimum absolute atomic E-state index is 0.00528. The normalized spacial score (nSPS) is 25.4. The molecule has 0 bridgehead atoms.